The lowest BCUT2D eigenvalue weighted by atomic mass is 9.96. The number of nitrogens with zero attached hydrogens (tertiary/aromatic N) is 2. The van der Waals surface area contributed by atoms with Crippen LogP contribution in [0.15, 0.2) is 53.4 Å². The fourth-order valence-electron chi connectivity index (χ4n) is 4.71. The van der Waals surface area contributed by atoms with Gasteiger partial charge in [0, 0.05) is 28.5 Å². The third-order valence-electron chi connectivity index (χ3n) is 6.95. The van der Waals surface area contributed by atoms with Gasteiger partial charge in [-0.3, -0.25) is 0 Å². The van der Waals surface area contributed by atoms with Gasteiger partial charge in [0.2, 0.25) is 0 Å². The van der Waals surface area contributed by atoms with Gasteiger partial charge in [-0.05, 0) is 73.0 Å². The molecule has 3 aromatic rings. The van der Waals surface area contributed by atoms with E-state index in [-0.39, 0.29) is 0 Å². The maximum Gasteiger partial charge on any atom is 0.251 e. The average Bonchev–Trinajstić information content (AvgIpc) is 3.40. The quantitative estimate of drug-likeness (QED) is 0.286. The monoisotopic (exact) mass is 571 g/mol. The number of anilines is 1. The largest absolute Gasteiger partial charge is 0.388 e. The third-order valence-corrected chi connectivity index (χ3v) is 9.40. The summed E-state index contributed by atoms with van der Waals surface area (Å²) in [5, 5.41) is 42.6. The second-order valence-electron chi connectivity index (χ2n) is 9.34. The van der Waals surface area contributed by atoms with Gasteiger partial charge in [-0.1, -0.05) is 25.1 Å². The van der Waals surface area contributed by atoms with Gasteiger partial charge in [0.05, 0.1) is 6.10 Å². The van der Waals surface area contributed by atoms with Gasteiger partial charge in [0.15, 0.2) is 11.2 Å². The summed E-state index contributed by atoms with van der Waals surface area (Å²) >= 11 is 1.33. The van der Waals surface area contributed by atoms with E-state index in [0.29, 0.717) is 11.3 Å². The van der Waals surface area contributed by atoms with Gasteiger partial charge in [0.1, 0.15) is 24.3 Å². The molecule has 1 aliphatic heterocycles. The Kier molecular flexibility index (Phi) is 9.08. The number of allylic oxidation sites excluding steroid dienone is 1. The van der Waals surface area contributed by atoms with Crippen LogP contribution in [0, 0.1) is 11.3 Å². The lowest BCUT2D eigenvalue weighted by Gasteiger charge is -2.40. The van der Waals surface area contributed by atoms with E-state index in [0.717, 1.165) is 34.3 Å². The maximum atomic E-state index is 13.0. The number of aliphatic hydroxyl groups is 3. The Morgan fingerprint density at radius 2 is 1.74 bits per heavy atom. The van der Waals surface area contributed by atoms with Crippen molar-refractivity contribution in [2.45, 2.75) is 57.8 Å². The molecule has 0 aliphatic carbocycles. The van der Waals surface area contributed by atoms with Gasteiger partial charge < -0.3 is 25.0 Å². The van der Waals surface area contributed by atoms with Crippen LogP contribution in [0.2, 0.25) is 0 Å². The van der Waals surface area contributed by atoms with Gasteiger partial charge in [-0.25, -0.2) is 8.42 Å². The molecule has 1 fully saturated rings. The van der Waals surface area contributed by atoms with Crippen LogP contribution in [0.4, 0.5) is 5.69 Å². The van der Waals surface area contributed by atoms with Crippen molar-refractivity contribution in [3.8, 4) is 16.5 Å². The summed E-state index contributed by atoms with van der Waals surface area (Å²) in [5.74, 6) is 0. The van der Waals surface area contributed by atoms with Crippen molar-refractivity contribution in [3.63, 3.8) is 0 Å². The van der Waals surface area contributed by atoms with Crippen LogP contribution in [-0.2, 0) is 14.8 Å². The molecule has 1 unspecified atom stereocenters. The Morgan fingerprint density at radius 1 is 1.05 bits per heavy atom. The standard InChI is InChI=1S/C28H33N3O6S2/c1-4-23-26(32)27(33)25(28(34)37-23)30-39(35,36)22(16-29)15-21-11-12-24(38-21)19-8-7-18-14-20(31(5-2)6-3)10-9-17(18)13-19/h7-15,23,25-28,30,32-34H,4-6H2,1-3H3/b22-15+/t23-,25-,26-,27-,28?/m1/s1. The predicted molar refractivity (Wildman–Crippen MR) is 153 cm³/mol. The fourth-order valence-corrected chi connectivity index (χ4v) is 6.88. The first kappa shape index (κ1) is 29.2. The molecule has 39 heavy (non-hydrogen) atoms. The predicted octanol–water partition coefficient (Wildman–Crippen LogP) is 3.42. The van der Waals surface area contributed by atoms with E-state index >= 15 is 0 Å². The smallest absolute Gasteiger partial charge is 0.251 e. The van der Waals surface area contributed by atoms with Crippen molar-refractivity contribution in [2.24, 2.45) is 0 Å². The molecule has 1 saturated heterocycles. The van der Waals surface area contributed by atoms with E-state index in [4.69, 9.17) is 4.74 Å². The SMILES string of the molecule is CC[C@H]1OC(O)[C@H](NS(=O)(=O)/C(C#N)=C/c2ccc(-c3ccc4cc(N(CC)CC)ccc4c3)s2)[C@@H](O)[C@@H]1O. The van der Waals surface area contributed by atoms with Crippen molar-refractivity contribution in [2.75, 3.05) is 18.0 Å². The Labute approximate surface area is 232 Å². The first-order chi connectivity index (χ1) is 18.6. The highest BCUT2D eigenvalue weighted by molar-refractivity contribution is 7.93. The Bertz CT molecular complexity index is 1490. The molecule has 11 heteroatoms. The van der Waals surface area contributed by atoms with Crippen LogP contribution >= 0.6 is 11.3 Å². The van der Waals surface area contributed by atoms with E-state index in [9.17, 15) is 29.0 Å². The summed E-state index contributed by atoms with van der Waals surface area (Å²) in [7, 11) is -4.44. The van der Waals surface area contributed by atoms with Crippen molar-refractivity contribution in [1.29, 1.82) is 5.26 Å². The molecule has 4 rings (SSSR count). The molecule has 1 aliphatic rings. The number of ether oxygens (including phenoxy) is 1. The van der Waals surface area contributed by atoms with Crippen molar-refractivity contribution < 1.29 is 28.5 Å². The second-order valence-corrected chi connectivity index (χ2v) is 12.1. The first-order valence-corrected chi connectivity index (χ1v) is 15.1. The highest BCUT2D eigenvalue weighted by atomic mass is 32.2. The highest BCUT2D eigenvalue weighted by Gasteiger charge is 2.45. The summed E-state index contributed by atoms with van der Waals surface area (Å²) < 4.78 is 33.3. The number of fused-ring (bicyclic) bond motifs is 1. The molecule has 0 radical (unpaired) electrons. The van der Waals surface area contributed by atoms with Gasteiger partial charge in [-0.2, -0.15) is 9.98 Å². The molecule has 0 bridgehead atoms. The zero-order valence-corrected chi connectivity index (χ0v) is 23.6. The van der Waals surface area contributed by atoms with Crippen LogP contribution in [-0.4, -0.2) is 67.5 Å². The van der Waals surface area contributed by atoms with Crippen LogP contribution in [0.1, 0.15) is 32.1 Å². The van der Waals surface area contributed by atoms with Gasteiger partial charge >= 0.3 is 0 Å². The number of benzene rings is 2. The van der Waals surface area contributed by atoms with E-state index in [1.807, 2.05) is 12.1 Å². The molecule has 5 atom stereocenters. The van der Waals surface area contributed by atoms with Crippen LogP contribution in [0.5, 0.6) is 0 Å². The van der Waals surface area contributed by atoms with Crippen molar-refractivity contribution >= 4 is 43.9 Å². The number of hydrogen-bond acceptors (Lipinski definition) is 9. The average molecular weight is 572 g/mol. The van der Waals surface area contributed by atoms with Crippen molar-refractivity contribution in [3.05, 3.63) is 58.3 Å². The van der Waals surface area contributed by atoms with Gasteiger partial charge in [-0.15, -0.1) is 11.3 Å². The molecule has 2 aromatic carbocycles. The normalized spacial score (nSPS) is 24.0. The van der Waals surface area contributed by atoms with E-state index in [1.165, 1.54) is 23.1 Å². The number of hydrogen-bond donors (Lipinski definition) is 4. The molecule has 208 valence electrons. The van der Waals surface area contributed by atoms with Crippen molar-refractivity contribution in [1.82, 2.24) is 4.72 Å². The summed E-state index contributed by atoms with van der Waals surface area (Å²) in [6.45, 7) is 7.81. The lowest BCUT2D eigenvalue weighted by molar-refractivity contribution is -0.244. The number of rotatable bonds is 9. The third kappa shape index (κ3) is 6.18. The minimum atomic E-state index is -4.44. The minimum absolute atomic E-state index is 0.313. The number of sulfonamides is 1. The van der Waals surface area contributed by atoms with Crippen LogP contribution in [0.3, 0.4) is 0 Å². The molecule has 2 heterocycles. The maximum absolute atomic E-state index is 13.0. The Balaban J connectivity index is 1.55. The zero-order chi connectivity index (χ0) is 28.3. The number of aliphatic hydroxyl groups excluding tert-OH is 3. The zero-order valence-electron chi connectivity index (χ0n) is 22.0. The molecule has 1 aromatic heterocycles. The van der Waals surface area contributed by atoms with E-state index in [2.05, 4.69) is 53.8 Å². The Morgan fingerprint density at radius 3 is 2.41 bits per heavy atom. The summed E-state index contributed by atoms with van der Waals surface area (Å²) in [6, 6.07) is 16.2. The summed E-state index contributed by atoms with van der Waals surface area (Å²) in [5.41, 5.74) is 2.13. The van der Waals surface area contributed by atoms with Gasteiger partial charge in [0.25, 0.3) is 10.0 Å². The second kappa shape index (κ2) is 12.1. The topological polar surface area (TPSA) is 143 Å². The molecule has 0 spiro atoms. The highest BCUT2D eigenvalue weighted by Crippen LogP contribution is 2.33. The van der Waals surface area contributed by atoms with E-state index in [1.54, 1.807) is 19.1 Å². The van der Waals surface area contributed by atoms with Crippen LogP contribution < -0.4 is 9.62 Å². The summed E-state index contributed by atoms with van der Waals surface area (Å²) in [4.78, 5) is 3.13. The Hall–Kier alpha value is -2.82. The first-order valence-electron chi connectivity index (χ1n) is 12.8. The number of nitriles is 1. The molecular weight excluding hydrogens is 538 g/mol. The summed E-state index contributed by atoms with van der Waals surface area (Å²) in [6.07, 6.45) is -3.99. The number of nitrogens with one attached hydrogen (secondary N) is 1. The minimum Gasteiger partial charge on any atom is -0.388 e. The van der Waals surface area contributed by atoms with Crippen LogP contribution in [0.25, 0.3) is 27.3 Å². The molecule has 0 saturated carbocycles. The number of thiophene rings is 1. The van der Waals surface area contributed by atoms with E-state index < -0.39 is 45.6 Å². The fraction of sp³-hybridized carbons (Fsp3) is 0.393. The molecule has 4 N–H and O–H groups in total. The molecular formula is C28H33N3O6S2. The molecule has 0 amide bonds. The molecule has 9 nitrogen and oxygen atoms in total. The lowest BCUT2D eigenvalue weighted by Crippen LogP contribution is -2.63.